The van der Waals surface area contributed by atoms with Crippen molar-refractivity contribution in [3.63, 3.8) is 0 Å². The van der Waals surface area contributed by atoms with E-state index in [2.05, 4.69) is 10.3 Å². The molecule has 1 rings (SSSR count). The number of carboxylic acids is 1. The van der Waals surface area contributed by atoms with Crippen molar-refractivity contribution in [2.45, 2.75) is 19.4 Å². The fraction of sp³-hybridized carbons (Fsp3) is 0.455. The van der Waals surface area contributed by atoms with Crippen LogP contribution in [0.25, 0.3) is 0 Å². The van der Waals surface area contributed by atoms with Crippen LogP contribution in [0.5, 0.6) is 0 Å². The van der Waals surface area contributed by atoms with Gasteiger partial charge in [0.2, 0.25) is 0 Å². The molecule has 104 valence electrons. The molecule has 0 radical (unpaired) electrons. The number of nitro groups is 1. The fourth-order valence-electron chi connectivity index (χ4n) is 1.53. The number of carboxylic acid groups (broad SMARTS) is 1. The van der Waals surface area contributed by atoms with E-state index in [1.54, 1.807) is 6.92 Å². The number of ether oxygens (including phenoxy) is 1. The van der Waals surface area contributed by atoms with Crippen molar-refractivity contribution in [1.82, 2.24) is 4.98 Å². The normalized spacial score (nSPS) is 11.8. The van der Waals surface area contributed by atoms with E-state index >= 15 is 0 Å². The largest absolute Gasteiger partial charge is 0.481 e. The maximum Gasteiger partial charge on any atom is 0.310 e. The number of carbonyl (C=O) groups is 1. The van der Waals surface area contributed by atoms with E-state index in [-0.39, 0.29) is 24.3 Å². The van der Waals surface area contributed by atoms with Gasteiger partial charge in [-0.1, -0.05) is 0 Å². The van der Waals surface area contributed by atoms with Crippen molar-refractivity contribution in [1.29, 1.82) is 0 Å². The highest BCUT2D eigenvalue weighted by molar-refractivity contribution is 5.67. The van der Waals surface area contributed by atoms with Gasteiger partial charge in [-0.2, -0.15) is 0 Å². The van der Waals surface area contributed by atoms with E-state index in [1.165, 1.54) is 12.3 Å². The summed E-state index contributed by atoms with van der Waals surface area (Å²) < 4.78 is 5.25. The molecule has 0 aliphatic heterocycles. The third-order valence-electron chi connectivity index (χ3n) is 2.32. The summed E-state index contributed by atoms with van der Waals surface area (Å²) in [6.45, 7) is 2.30. The summed E-state index contributed by atoms with van der Waals surface area (Å²) in [5.41, 5.74) is 0.128. The van der Waals surface area contributed by atoms with Crippen LogP contribution in [0, 0.1) is 10.1 Å². The van der Waals surface area contributed by atoms with Crippen molar-refractivity contribution in [2.24, 2.45) is 0 Å². The first kappa shape index (κ1) is 14.8. The van der Waals surface area contributed by atoms with Crippen molar-refractivity contribution in [3.8, 4) is 0 Å². The van der Waals surface area contributed by atoms with Gasteiger partial charge in [-0.25, -0.2) is 0 Å². The van der Waals surface area contributed by atoms with Crippen LogP contribution in [0.15, 0.2) is 18.5 Å². The highest BCUT2D eigenvalue weighted by Crippen LogP contribution is 2.21. The van der Waals surface area contributed by atoms with Gasteiger partial charge in [0.25, 0.3) is 0 Å². The molecule has 0 amide bonds. The van der Waals surface area contributed by atoms with Gasteiger partial charge in [0.15, 0.2) is 0 Å². The fourth-order valence-corrected chi connectivity index (χ4v) is 1.53. The molecule has 1 unspecified atom stereocenters. The lowest BCUT2D eigenvalue weighted by Gasteiger charge is -2.16. The van der Waals surface area contributed by atoms with Gasteiger partial charge in [-0.05, 0) is 13.0 Å². The van der Waals surface area contributed by atoms with Crippen LogP contribution in [0.2, 0.25) is 0 Å². The smallest absolute Gasteiger partial charge is 0.310 e. The quantitative estimate of drug-likeness (QED) is 0.539. The predicted molar refractivity (Wildman–Crippen MR) is 67.0 cm³/mol. The zero-order chi connectivity index (χ0) is 14.3. The molecule has 19 heavy (non-hydrogen) atoms. The highest BCUT2D eigenvalue weighted by atomic mass is 16.6. The first-order valence-electron chi connectivity index (χ1n) is 5.70. The first-order valence-corrected chi connectivity index (χ1v) is 5.70. The standard InChI is InChI=1S/C11H15N3O5/c1-2-19-8(5-11(15)16)6-13-9-3-4-12-7-10(9)14(17)18/h3-4,7-8H,2,5-6H2,1H3,(H,12,13)(H,15,16). The Balaban J connectivity index is 2.68. The van der Waals surface area contributed by atoms with Gasteiger partial charge in [-0.15, -0.1) is 0 Å². The number of nitrogens with one attached hydrogen (secondary N) is 1. The molecule has 1 aromatic heterocycles. The van der Waals surface area contributed by atoms with E-state index in [9.17, 15) is 14.9 Å². The second-order valence-corrected chi connectivity index (χ2v) is 3.71. The number of nitrogens with zero attached hydrogens (tertiary/aromatic N) is 2. The van der Waals surface area contributed by atoms with Crippen molar-refractivity contribution < 1.29 is 19.6 Å². The Kier molecular flexibility index (Phi) is 5.68. The molecule has 0 saturated heterocycles. The summed E-state index contributed by atoms with van der Waals surface area (Å²) >= 11 is 0. The van der Waals surface area contributed by atoms with Crippen LogP contribution < -0.4 is 5.32 Å². The molecule has 2 N–H and O–H groups in total. The van der Waals surface area contributed by atoms with Crippen LogP contribution in [0.4, 0.5) is 11.4 Å². The van der Waals surface area contributed by atoms with Gasteiger partial charge >= 0.3 is 11.7 Å². The zero-order valence-electron chi connectivity index (χ0n) is 10.4. The third-order valence-corrected chi connectivity index (χ3v) is 2.32. The SMILES string of the molecule is CCOC(CNc1ccncc1[N+](=O)[O-])CC(=O)O. The Morgan fingerprint density at radius 1 is 1.68 bits per heavy atom. The van der Waals surface area contributed by atoms with E-state index in [1.807, 2.05) is 0 Å². The zero-order valence-corrected chi connectivity index (χ0v) is 10.4. The molecule has 0 fully saturated rings. The number of anilines is 1. The number of aliphatic carboxylic acids is 1. The third kappa shape index (κ3) is 4.88. The minimum atomic E-state index is -0.982. The number of hydrogen-bond acceptors (Lipinski definition) is 6. The van der Waals surface area contributed by atoms with Crippen LogP contribution in [-0.4, -0.2) is 40.2 Å². The molecule has 1 aromatic rings. The lowest BCUT2D eigenvalue weighted by Crippen LogP contribution is -2.26. The molecule has 0 aromatic carbocycles. The molecule has 0 aliphatic rings. The van der Waals surface area contributed by atoms with E-state index in [0.717, 1.165) is 6.20 Å². The van der Waals surface area contributed by atoms with E-state index in [0.29, 0.717) is 6.61 Å². The minimum Gasteiger partial charge on any atom is -0.481 e. The maximum atomic E-state index is 10.8. The molecular weight excluding hydrogens is 254 g/mol. The summed E-state index contributed by atoms with van der Waals surface area (Å²) in [7, 11) is 0. The molecule has 0 bridgehead atoms. The summed E-state index contributed by atoms with van der Waals surface area (Å²) in [4.78, 5) is 24.5. The van der Waals surface area contributed by atoms with Crippen LogP contribution in [0.1, 0.15) is 13.3 Å². The number of rotatable bonds is 8. The molecule has 8 heteroatoms. The first-order chi connectivity index (χ1) is 9.04. The topological polar surface area (TPSA) is 115 Å². The predicted octanol–water partition coefficient (Wildman–Crippen LogP) is 1.28. The maximum absolute atomic E-state index is 10.8. The number of hydrogen-bond donors (Lipinski definition) is 2. The van der Waals surface area contributed by atoms with E-state index < -0.39 is 17.0 Å². The monoisotopic (exact) mass is 269 g/mol. The minimum absolute atomic E-state index is 0.159. The lowest BCUT2D eigenvalue weighted by molar-refractivity contribution is -0.384. The molecular formula is C11H15N3O5. The Morgan fingerprint density at radius 3 is 3.00 bits per heavy atom. The van der Waals surface area contributed by atoms with Crippen LogP contribution in [-0.2, 0) is 9.53 Å². The average Bonchev–Trinajstić information content (AvgIpc) is 2.36. The second kappa shape index (κ2) is 7.27. The summed E-state index contributed by atoms with van der Waals surface area (Å²) in [5, 5.41) is 22.3. The van der Waals surface area contributed by atoms with Gasteiger partial charge in [0.1, 0.15) is 11.9 Å². The summed E-state index contributed by atoms with van der Waals surface area (Å²) in [5.74, 6) is -0.982. The van der Waals surface area contributed by atoms with Crippen LogP contribution in [0.3, 0.4) is 0 Å². The average molecular weight is 269 g/mol. The van der Waals surface area contributed by atoms with Gasteiger partial charge in [0, 0.05) is 19.3 Å². The lowest BCUT2D eigenvalue weighted by atomic mass is 10.2. The second-order valence-electron chi connectivity index (χ2n) is 3.71. The van der Waals surface area contributed by atoms with Crippen molar-refractivity contribution in [3.05, 3.63) is 28.6 Å². The van der Waals surface area contributed by atoms with E-state index in [4.69, 9.17) is 9.84 Å². The Bertz CT molecular complexity index is 452. The molecule has 1 heterocycles. The Morgan fingerprint density at radius 2 is 2.42 bits per heavy atom. The Hall–Kier alpha value is -2.22. The van der Waals surface area contributed by atoms with Gasteiger partial charge in [-0.3, -0.25) is 19.9 Å². The molecule has 0 saturated carbocycles. The Labute approximate surface area is 109 Å². The van der Waals surface area contributed by atoms with Gasteiger partial charge in [0.05, 0.1) is 17.4 Å². The highest BCUT2D eigenvalue weighted by Gasteiger charge is 2.17. The number of aromatic nitrogens is 1. The molecule has 1 atom stereocenters. The summed E-state index contributed by atoms with van der Waals surface area (Å²) in [6, 6.07) is 1.46. The number of pyridine rings is 1. The molecule has 8 nitrogen and oxygen atoms in total. The van der Waals surface area contributed by atoms with Gasteiger partial charge < -0.3 is 15.2 Å². The molecule has 0 spiro atoms. The van der Waals surface area contributed by atoms with Crippen molar-refractivity contribution in [2.75, 3.05) is 18.5 Å². The summed E-state index contributed by atoms with van der Waals surface area (Å²) in [6.07, 6.45) is 1.84. The molecule has 0 aliphatic carbocycles. The van der Waals surface area contributed by atoms with Crippen molar-refractivity contribution >= 4 is 17.3 Å². The van der Waals surface area contributed by atoms with Crippen LogP contribution >= 0.6 is 0 Å².